The van der Waals surface area contributed by atoms with Crippen LogP contribution in [0.25, 0.3) is 0 Å². The van der Waals surface area contributed by atoms with E-state index in [1.165, 1.54) is 19.4 Å². The molecule has 0 radical (unpaired) electrons. The van der Waals surface area contributed by atoms with Crippen molar-refractivity contribution in [1.29, 1.82) is 0 Å². The Morgan fingerprint density at radius 3 is 2.67 bits per heavy atom. The van der Waals surface area contributed by atoms with Gasteiger partial charge in [-0.3, -0.25) is 4.55 Å². The van der Waals surface area contributed by atoms with Crippen LogP contribution in [0.15, 0.2) is 18.5 Å². The molecule has 6 nitrogen and oxygen atoms in total. The third kappa shape index (κ3) is 2.53. The Hall–Kier alpha value is -1.05. The van der Waals surface area contributed by atoms with Crippen molar-refractivity contribution in [3.05, 3.63) is 18.5 Å². The lowest BCUT2D eigenvalue weighted by Crippen LogP contribution is -2.20. The van der Waals surface area contributed by atoms with Gasteiger partial charge in [0.1, 0.15) is 0 Å². The maximum Gasteiger partial charge on any atom is 0.325 e. The molecule has 1 N–H and O–H groups in total. The second-order valence-corrected chi connectivity index (χ2v) is 2.42. The van der Waals surface area contributed by atoms with Crippen molar-refractivity contribution >= 4 is 17.3 Å². The number of nitrogens with zero attached hydrogens (tertiary/aromatic N) is 3. The normalized spacial score (nSPS) is 12.5. The molecule has 0 aromatic carbocycles. The van der Waals surface area contributed by atoms with Crippen LogP contribution in [0.2, 0.25) is 0 Å². The molecule has 1 aromatic heterocycles. The second-order valence-electron chi connectivity index (χ2n) is 1.84. The van der Waals surface area contributed by atoms with E-state index < -0.39 is 11.4 Å². The standard InChI is InChI=1S/C5H7N3O3S/c1-8(11-12(9)10)5-6-3-2-4-7-5/h2-4H,1H3,(H,9,10). The highest BCUT2D eigenvalue weighted by atomic mass is 32.2. The Labute approximate surface area is 71.6 Å². The van der Waals surface area contributed by atoms with Gasteiger partial charge >= 0.3 is 11.4 Å². The molecule has 12 heavy (non-hydrogen) atoms. The Morgan fingerprint density at radius 2 is 2.17 bits per heavy atom. The number of hydrogen-bond acceptors (Lipinski definition) is 5. The van der Waals surface area contributed by atoms with Gasteiger partial charge < -0.3 is 0 Å². The molecule has 1 atom stereocenters. The van der Waals surface area contributed by atoms with Crippen LogP contribution in [-0.2, 0) is 15.6 Å². The first-order valence-electron chi connectivity index (χ1n) is 3.00. The lowest BCUT2D eigenvalue weighted by Gasteiger charge is -2.11. The summed E-state index contributed by atoms with van der Waals surface area (Å²) < 4.78 is 22.9. The molecule has 1 aromatic rings. The van der Waals surface area contributed by atoms with Crippen LogP contribution in [0.1, 0.15) is 0 Å². The van der Waals surface area contributed by atoms with Gasteiger partial charge in [-0.25, -0.2) is 15.0 Å². The third-order valence-electron chi connectivity index (χ3n) is 1.01. The Morgan fingerprint density at radius 1 is 1.58 bits per heavy atom. The quantitative estimate of drug-likeness (QED) is 0.532. The molecular weight excluding hydrogens is 182 g/mol. The van der Waals surface area contributed by atoms with E-state index in [1.54, 1.807) is 6.07 Å². The Kier molecular flexibility index (Phi) is 3.09. The number of aromatic nitrogens is 2. The van der Waals surface area contributed by atoms with Crippen LogP contribution in [-0.4, -0.2) is 25.8 Å². The topological polar surface area (TPSA) is 75.5 Å². The summed E-state index contributed by atoms with van der Waals surface area (Å²) >= 11 is -2.35. The minimum Gasteiger partial charge on any atom is -0.282 e. The fourth-order valence-electron chi connectivity index (χ4n) is 0.583. The van der Waals surface area contributed by atoms with E-state index in [0.717, 1.165) is 5.06 Å². The molecule has 0 fully saturated rings. The van der Waals surface area contributed by atoms with Crippen molar-refractivity contribution in [2.24, 2.45) is 0 Å². The summed E-state index contributed by atoms with van der Waals surface area (Å²) in [6.45, 7) is 0. The molecule has 0 saturated carbocycles. The minimum absolute atomic E-state index is 0.222. The highest BCUT2D eigenvalue weighted by molar-refractivity contribution is 7.74. The molecule has 0 saturated heterocycles. The van der Waals surface area contributed by atoms with E-state index in [9.17, 15) is 4.21 Å². The van der Waals surface area contributed by atoms with Crippen LogP contribution in [0.5, 0.6) is 0 Å². The average Bonchev–Trinajstić information content (AvgIpc) is 2.05. The Bertz CT molecular complexity index is 268. The number of hydrogen-bond donors (Lipinski definition) is 1. The van der Waals surface area contributed by atoms with Crippen LogP contribution in [0.3, 0.4) is 0 Å². The minimum atomic E-state index is -2.35. The van der Waals surface area contributed by atoms with Crippen molar-refractivity contribution < 1.29 is 13.0 Å². The zero-order valence-electron chi connectivity index (χ0n) is 6.25. The molecule has 1 heterocycles. The largest absolute Gasteiger partial charge is 0.325 e. The molecule has 0 aliphatic carbocycles. The van der Waals surface area contributed by atoms with Crippen molar-refractivity contribution in [3.8, 4) is 0 Å². The second kappa shape index (κ2) is 4.10. The highest BCUT2D eigenvalue weighted by Crippen LogP contribution is 2.02. The van der Waals surface area contributed by atoms with Gasteiger partial charge in [-0.2, -0.15) is 4.21 Å². The van der Waals surface area contributed by atoms with Crippen molar-refractivity contribution in [2.75, 3.05) is 12.1 Å². The van der Waals surface area contributed by atoms with Crippen LogP contribution in [0, 0.1) is 0 Å². The summed E-state index contributed by atoms with van der Waals surface area (Å²) in [5.74, 6) is 0.222. The van der Waals surface area contributed by atoms with Gasteiger partial charge in [0.05, 0.1) is 0 Å². The zero-order valence-corrected chi connectivity index (χ0v) is 7.06. The summed E-state index contributed by atoms with van der Waals surface area (Å²) in [7, 11) is 1.43. The predicted molar refractivity (Wildman–Crippen MR) is 42.3 cm³/mol. The van der Waals surface area contributed by atoms with Crippen LogP contribution < -0.4 is 5.06 Å². The first kappa shape index (κ1) is 9.04. The molecule has 7 heteroatoms. The van der Waals surface area contributed by atoms with Gasteiger partial charge in [-0.1, -0.05) is 0 Å². The van der Waals surface area contributed by atoms with Crippen molar-refractivity contribution in [2.45, 2.75) is 0 Å². The summed E-state index contributed by atoms with van der Waals surface area (Å²) in [6, 6.07) is 1.63. The SMILES string of the molecule is CN(OS(=O)O)c1ncccn1. The first-order chi connectivity index (χ1) is 5.70. The lowest BCUT2D eigenvalue weighted by molar-refractivity contribution is 0.289. The van der Waals surface area contributed by atoms with E-state index in [0.29, 0.717) is 0 Å². The van der Waals surface area contributed by atoms with Crippen molar-refractivity contribution in [1.82, 2.24) is 9.97 Å². The van der Waals surface area contributed by atoms with Gasteiger partial charge in [-0.15, -0.1) is 4.28 Å². The maximum absolute atomic E-state index is 10.2. The summed E-state index contributed by atoms with van der Waals surface area (Å²) in [4.78, 5) is 7.55. The fourth-order valence-corrected chi connectivity index (χ4v) is 0.841. The van der Waals surface area contributed by atoms with E-state index in [4.69, 9.17) is 4.55 Å². The number of anilines is 1. The smallest absolute Gasteiger partial charge is 0.282 e. The molecule has 0 aliphatic heterocycles. The molecule has 1 unspecified atom stereocenters. The fraction of sp³-hybridized carbons (Fsp3) is 0.200. The van der Waals surface area contributed by atoms with Gasteiger partial charge in [0.2, 0.25) is 0 Å². The van der Waals surface area contributed by atoms with Crippen LogP contribution in [0.4, 0.5) is 5.95 Å². The summed E-state index contributed by atoms with van der Waals surface area (Å²) in [5, 5.41) is 1.01. The maximum atomic E-state index is 10.2. The van der Waals surface area contributed by atoms with E-state index >= 15 is 0 Å². The first-order valence-corrected chi connectivity index (χ1v) is 4.03. The Balaban J connectivity index is 2.65. The molecule has 0 amide bonds. The molecule has 0 aliphatic rings. The highest BCUT2D eigenvalue weighted by Gasteiger charge is 2.05. The van der Waals surface area contributed by atoms with Gasteiger partial charge in [-0.05, 0) is 6.07 Å². The van der Waals surface area contributed by atoms with Gasteiger partial charge in [0, 0.05) is 19.4 Å². The molecule has 66 valence electrons. The van der Waals surface area contributed by atoms with E-state index in [1.807, 2.05) is 0 Å². The molecule has 0 bridgehead atoms. The van der Waals surface area contributed by atoms with Gasteiger partial charge in [0.15, 0.2) is 0 Å². The number of rotatable bonds is 3. The molecular formula is C5H7N3O3S. The molecule has 0 spiro atoms. The number of hydroxylamine groups is 1. The van der Waals surface area contributed by atoms with Crippen molar-refractivity contribution in [3.63, 3.8) is 0 Å². The summed E-state index contributed by atoms with van der Waals surface area (Å²) in [6.07, 6.45) is 3.00. The lowest BCUT2D eigenvalue weighted by atomic mass is 10.7. The molecule has 1 rings (SSSR count). The zero-order chi connectivity index (χ0) is 8.97. The van der Waals surface area contributed by atoms with E-state index in [-0.39, 0.29) is 5.95 Å². The predicted octanol–water partition coefficient (Wildman–Crippen LogP) is -0.0189. The van der Waals surface area contributed by atoms with Crippen LogP contribution >= 0.6 is 0 Å². The monoisotopic (exact) mass is 189 g/mol. The average molecular weight is 189 g/mol. The van der Waals surface area contributed by atoms with Gasteiger partial charge in [0.25, 0.3) is 5.95 Å². The summed E-state index contributed by atoms with van der Waals surface area (Å²) in [5.41, 5.74) is 0. The van der Waals surface area contributed by atoms with E-state index in [2.05, 4.69) is 14.3 Å². The third-order valence-corrected chi connectivity index (χ3v) is 1.36.